The lowest BCUT2D eigenvalue weighted by molar-refractivity contribution is 0.274. The van der Waals surface area contributed by atoms with Gasteiger partial charge >= 0.3 is 0 Å². The zero-order valence-electron chi connectivity index (χ0n) is 13.2. The second kappa shape index (κ2) is 7.08. The second-order valence-corrected chi connectivity index (χ2v) is 7.48. The fourth-order valence-electron chi connectivity index (χ4n) is 3.31. The predicted molar refractivity (Wildman–Crippen MR) is 88.1 cm³/mol. The number of halogens is 1. The van der Waals surface area contributed by atoms with Gasteiger partial charge < -0.3 is 5.32 Å². The van der Waals surface area contributed by atoms with Crippen molar-refractivity contribution in [3.05, 3.63) is 16.4 Å². The number of hydrogen-bond donors (Lipinski definition) is 1. The van der Waals surface area contributed by atoms with Crippen molar-refractivity contribution in [2.45, 2.75) is 71.4 Å². The Morgan fingerprint density at radius 2 is 2.00 bits per heavy atom. The highest BCUT2D eigenvalue weighted by atomic mass is 79.9. The minimum atomic E-state index is 0.428. The molecule has 3 nitrogen and oxygen atoms in total. The molecule has 2 unspecified atom stereocenters. The molecule has 4 heteroatoms. The first-order valence-electron chi connectivity index (χ1n) is 7.97. The second-order valence-electron chi connectivity index (χ2n) is 6.63. The van der Waals surface area contributed by atoms with Crippen molar-refractivity contribution in [1.29, 1.82) is 0 Å². The predicted octanol–water partition coefficient (Wildman–Crippen LogP) is 4.50. The van der Waals surface area contributed by atoms with E-state index in [1.165, 1.54) is 35.8 Å². The zero-order valence-corrected chi connectivity index (χ0v) is 14.8. The first-order chi connectivity index (χ1) is 9.50. The summed E-state index contributed by atoms with van der Waals surface area (Å²) in [5.41, 5.74) is 1.41. The van der Waals surface area contributed by atoms with E-state index in [4.69, 9.17) is 0 Å². The van der Waals surface area contributed by atoms with E-state index in [9.17, 15) is 0 Å². The van der Waals surface area contributed by atoms with Gasteiger partial charge in [-0.05, 0) is 55.1 Å². The van der Waals surface area contributed by atoms with Gasteiger partial charge in [-0.15, -0.1) is 0 Å². The molecule has 1 saturated carbocycles. The largest absolute Gasteiger partial charge is 0.314 e. The molecule has 0 bridgehead atoms. The molecule has 0 radical (unpaired) electrons. The van der Waals surface area contributed by atoms with Crippen LogP contribution in [0.3, 0.4) is 0 Å². The van der Waals surface area contributed by atoms with Gasteiger partial charge in [-0.2, -0.15) is 5.10 Å². The van der Waals surface area contributed by atoms with Crippen molar-refractivity contribution in [3.63, 3.8) is 0 Å². The minimum Gasteiger partial charge on any atom is -0.314 e. The summed E-state index contributed by atoms with van der Waals surface area (Å²) in [6.45, 7) is 10.0. The molecule has 0 spiro atoms. The van der Waals surface area contributed by atoms with Gasteiger partial charge in [0.25, 0.3) is 0 Å². The molecular weight excluding hydrogens is 314 g/mol. The molecule has 1 aliphatic rings. The normalized spacial score (nSPS) is 23.8. The van der Waals surface area contributed by atoms with E-state index in [2.05, 4.69) is 58.7 Å². The van der Waals surface area contributed by atoms with Crippen molar-refractivity contribution < 1.29 is 0 Å². The van der Waals surface area contributed by atoms with E-state index in [-0.39, 0.29) is 0 Å². The van der Waals surface area contributed by atoms with E-state index in [1.807, 2.05) is 6.20 Å². The van der Waals surface area contributed by atoms with Gasteiger partial charge in [-0.25, -0.2) is 0 Å². The highest BCUT2D eigenvalue weighted by molar-refractivity contribution is 9.10. The van der Waals surface area contributed by atoms with Crippen LogP contribution in [0, 0.1) is 5.92 Å². The molecule has 1 aromatic rings. The molecule has 1 N–H and O–H groups in total. The number of hydrogen-bond acceptors (Lipinski definition) is 2. The van der Waals surface area contributed by atoms with Gasteiger partial charge in [0.05, 0.1) is 16.4 Å². The van der Waals surface area contributed by atoms with Gasteiger partial charge in [0, 0.05) is 18.0 Å². The van der Waals surface area contributed by atoms with Crippen molar-refractivity contribution >= 4 is 15.9 Å². The Labute approximate surface area is 131 Å². The third-order valence-corrected chi connectivity index (χ3v) is 4.94. The van der Waals surface area contributed by atoms with Crippen LogP contribution in [0.25, 0.3) is 0 Å². The highest BCUT2D eigenvalue weighted by Crippen LogP contribution is 2.41. The lowest BCUT2D eigenvalue weighted by atomic mass is 9.77. The van der Waals surface area contributed by atoms with Crippen LogP contribution in [0.15, 0.2) is 10.7 Å². The van der Waals surface area contributed by atoms with E-state index in [0.717, 1.165) is 12.5 Å². The Kier molecular flexibility index (Phi) is 5.67. The molecule has 0 amide bonds. The van der Waals surface area contributed by atoms with E-state index in [0.29, 0.717) is 18.0 Å². The molecule has 0 saturated heterocycles. The van der Waals surface area contributed by atoms with Crippen molar-refractivity contribution in [3.8, 4) is 0 Å². The summed E-state index contributed by atoms with van der Waals surface area (Å²) in [4.78, 5) is 0. The lowest BCUT2D eigenvalue weighted by Gasteiger charge is -2.33. The quantitative estimate of drug-likeness (QED) is 0.854. The smallest absolute Gasteiger partial charge is 0.0635 e. The van der Waals surface area contributed by atoms with Gasteiger partial charge in [-0.1, -0.05) is 26.7 Å². The fourth-order valence-corrected chi connectivity index (χ4v) is 3.88. The van der Waals surface area contributed by atoms with Crippen molar-refractivity contribution in [2.75, 3.05) is 6.54 Å². The van der Waals surface area contributed by atoms with Crippen molar-refractivity contribution in [2.24, 2.45) is 5.92 Å². The van der Waals surface area contributed by atoms with Crippen LogP contribution < -0.4 is 5.32 Å². The van der Waals surface area contributed by atoms with Gasteiger partial charge in [-0.3, -0.25) is 4.68 Å². The Bertz CT molecular complexity index is 425. The third-order valence-electron chi connectivity index (χ3n) is 4.32. The molecule has 0 aromatic carbocycles. The number of aromatic nitrogens is 2. The lowest BCUT2D eigenvalue weighted by Crippen LogP contribution is -2.34. The Morgan fingerprint density at radius 1 is 1.30 bits per heavy atom. The Morgan fingerprint density at radius 3 is 2.65 bits per heavy atom. The average Bonchev–Trinajstić information content (AvgIpc) is 2.78. The van der Waals surface area contributed by atoms with Crippen LogP contribution in [0.1, 0.15) is 71.0 Å². The van der Waals surface area contributed by atoms with E-state index < -0.39 is 0 Å². The van der Waals surface area contributed by atoms with Crippen LogP contribution in [0.4, 0.5) is 0 Å². The Balaban J connectivity index is 2.21. The SMILES string of the molecule is CC(C)NCC1CCCCC1c1c(Br)cnn1C(C)C. The topological polar surface area (TPSA) is 29.9 Å². The zero-order chi connectivity index (χ0) is 14.7. The maximum absolute atomic E-state index is 4.57. The monoisotopic (exact) mass is 341 g/mol. The molecule has 1 aliphatic carbocycles. The molecule has 0 aliphatic heterocycles. The fraction of sp³-hybridized carbons (Fsp3) is 0.812. The first kappa shape index (κ1) is 16.0. The summed E-state index contributed by atoms with van der Waals surface area (Å²) < 4.78 is 3.40. The van der Waals surface area contributed by atoms with Crippen LogP contribution in [-0.4, -0.2) is 22.4 Å². The van der Waals surface area contributed by atoms with Crippen LogP contribution in [0.5, 0.6) is 0 Å². The molecule has 1 heterocycles. The first-order valence-corrected chi connectivity index (χ1v) is 8.76. The molecule has 2 rings (SSSR count). The van der Waals surface area contributed by atoms with Gasteiger partial charge in [0.2, 0.25) is 0 Å². The maximum atomic E-state index is 4.57. The summed E-state index contributed by atoms with van der Waals surface area (Å²) in [6, 6.07) is 0.993. The molecular formula is C16H28BrN3. The summed E-state index contributed by atoms with van der Waals surface area (Å²) in [7, 11) is 0. The standard InChI is InChI=1S/C16H28BrN3/c1-11(2)18-9-13-7-5-6-8-14(13)16-15(17)10-19-20(16)12(3)4/h10-14,18H,5-9H2,1-4H3. The minimum absolute atomic E-state index is 0.428. The summed E-state index contributed by atoms with van der Waals surface area (Å²) >= 11 is 3.72. The van der Waals surface area contributed by atoms with E-state index >= 15 is 0 Å². The van der Waals surface area contributed by atoms with Gasteiger partial charge in [0.15, 0.2) is 0 Å². The average molecular weight is 342 g/mol. The number of nitrogens with one attached hydrogen (secondary N) is 1. The summed E-state index contributed by atoms with van der Waals surface area (Å²) in [5.74, 6) is 1.37. The maximum Gasteiger partial charge on any atom is 0.0635 e. The number of nitrogens with zero attached hydrogens (tertiary/aromatic N) is 2. The molecule has 20 heavy (non-hydrogen) atoms. The summed E-state index contributed by atoms with van der Waals surface area (Å²) in [6.07, 6.45) is 7.31. The highest BCUT2D eigenvalue weighted by Gasteiger charge is 2.31. The Hall–Kier alpha value is -0.350. The van der Waals surface area contributed by atoms with Crippen LogP contribution in [0.2, 0.25) is 0 Å². The third kappa shape index (κ3) is 3.64. The molecule has 1 fully saturated rings. The number of rotatable bonds is 5. The van der Waals surface area contributed by atoms with Gasteiger partial charge in [0.1, 0.15) is 0 Å². The molecule has 1 aromatic heterocycles. The molecule has 2 atom stereocenters. The van der Waals surface area contributed by atoms with Crippen molar-refractivity contribution in [1.82, 2.24) is 15.1 Å². The molecule has 114 valence electrons. The van der Waals surface area contributed by atoms with Crippen LogP contribution in [-0.2, 0) is 0 Å². The van der Waals surface area contributed by atoms with Crippen LogP contribution >= 0.6 is 15.9 Å². The van der Waals surface area contributed by atoms with E-state index in [1.54, 1.807) is 0 Å². The summed E-state index contributed by atoms with van der Waals surface area (Å²) in [5, 5.41) is 8.20.